The number of rotatable bonds is 7. The van der Waals surface area contributed by atoms with Crippen LogP contribution >= 0.6 is 11.3 Å². The van der Waals surface area contributed by atoms with E-state index in [0.29, 0.717) is 32.6 Å². The average Bonchev–Trinajstić information content (AvgIpc) is 3.50. The topological polar surface area (TPSA) is 96.4 Å². The summed E-state index contributed by atoms with van der Waals surface area (Å²) in [4.78, 5) is 36.2. The van der Waals surface area contributed by atoms with Gasteiger partial charge >= 0.3 is 6.18 Å². The van der Waals surface area contributed by atoms with Gasteiger partial charge < -0.3 is 20.3 Å². The average molecular weight is 562 g/mol. The lowest BCUT2D eigenvalue weighted by Gasteiger charge is -2.22. The fourth-order valence-electron chi connectivity index (χ4n) is 4.43. The summed E-state index contributed by atoms with van der Waals surface area (Å²) < 4.78 is 72.5. The number of halogens is 5. The van der Waals surface area contributed by atoms with Crippen LogP contribution in [0.5, 0.6) is 0 Å². The minimum atomic E-state index is -4.61. The molecule has 2 aliphatic heterocycles. The summed E-state index contributed by atoms with van der Waals surface area (Å²) in [6, 6.07) is -1.44. The van der Waals surface area contributed by atoms with Crippen LogP contribution in [0, 0.1) is 0 Å². The van der Waals surface area contributed by atoms with Crippen LogP contribution in [-0.2, 0) is 4.74 Å². The van der Waals surface area contributed by atoms with Gasteiger partial charge in [0.05, 0.1) is 4.88 Å². The van der Waals surface area contributed by atoms with Gasteiger partial charge in [0.2, 0.25) is 0 Å². The Morgan fingerprint density at radius 3 is 2.53 bits per heavy atom. The van der Waals surface area contributed by atoms with E-state index in [0.717, 1.165) is 43.4 Å². The van der Waals surface area contributed by atoms with Crippen LogP contribution in [0.3, 0.4) is 0 Å². The second-order valence-electron chi connectivity index (χ2n) is 9.41. The van der Waals surface area contributed by atoms with Crippen molar-refractivity contribution in [3.63, 3.8) is 0 Å². The van der Waals surface area contributed by atoms with Gasteiger partial charge in [0.25, 0.3) is 18.2 Å². The number of nitrogens with one attached hydrogen (secondary N) is 2. The molecule has 0 bridgehead atoms. The molecule has 4 heterocycles. The Balaban J connectivity index is 1.73. The summed E-state index contributed by atoms with van der Waals surface area (Å²) in [5, 5.41) is 4.86. The van der Waals surface area contributed by atoms with E-state index in [2.05, 4.69) is 20.6 Å². The van der Waals surface area contributed by atoms with Gasteiger partial charge in [0, 0.05) is 49.2 Å². The van der Waals surface area contributed by atoms with Crippen molar-refractivity contribution in [2.75, 3.05) is 25.1 Å². The van der Waals surface area contributed by atoms with Crippen LogP contribution in [0.25, 0.3) is 10.4 Å². The number of carbonyl (C=O) groups is 2. The van der Waals surface area contributed by atoms with Crippen molar-refractivity contribution in [2.24, 2.45) is 0 Å². The van der Waals surface area contributed by atoms with E-state index in [9.17, 15) is 31.5 Å². The molecule has 14 heteroatoms. The summed E-state index contributed by atoms with van der Waals surface area (Å²) >= 11 is 0.778. The van der Waals surface area contributed by atoms with Crippen LogP contribution in [0.2, 0.25) is 0 Å². The Morgan fingerprint density at radius 1 is 1.21 bits per heavy atom. The van der Waals surface area contributed by atoms with Crippen LogP contribution in [-0.4, -0.2) is 70.7 Å². The van der Waals surface area contributed by atoms with E-state index < -0.39 is 41.8 Å². The molecule has 2 atom stereocenters. The summed E-state index contributed by atoms with van der Waals surface area (Å²) in [5.41, 5.74) is -0.947. The maximum absolute atomic E-state index is 14.2. The first-order valence-electron chi connectivity index (χ1n) is 12.3. The van der Waals surface area contributed by atoms with E-state index in [-0.39, 0.29) is 33.2 Å². The molecule has 2 aromatic rings. The molecule has 0 unspecified atom stereocenters. The molecule has 0 saturated carbocycles. The number of alkyl halides is 5. The van der Waals surface area contributed by atoms with E-state index in [1.165, 1.54) is 0 Å². The van der Waals surface area contributed by atoms with Crippen molar-refractivity contribution in [3.8, 4) is 10.4 Å². The molecule has 2 fully saturated rings. The third kappa shape index (κ3) is 6.22. The molecule has 2 N–H and O–H groups in total. The number of likely N-dealkylation sites (tertiary alicyclic amines) is 1. The predicted octanol–water partition coefficient (Wildman–Crippen LogP) is 5.04. The van der Waals surface area contributed by atoms with Crippen LogP contribution in [0.15, 0.2) is 12.3 Å². The van der Waals surface area contributed by atoms with Crippen LogP contribution < -0.4 is 10.6 Å². The monoisotopic (exact) mass is 561 g/mol. The Bertz CT molecular complexity index is 1170. The number of thiazole rings is 1. The number of hydrogen-bond acceptors (Lipinski definition) is 7. The number of pyridine rings is 1. The highest BCUT2D eigenvalue weighted by atomic mass is 32.1. The lowest BCUT2D eigenvalue weighted by molar-refractivity contribution is -0.138. The first-order chi connectivity index (χ1) is 18.0. The summed E-state index contributed by atoms with van der Waals surface area (Å²) in [5.74, 6) is -1.43. The van der Waals surface area contributed by atoms with Gasteiger partial charge in [0.15, 0.2) is 5.01 Å². The third-order valence-corrected chi connectivity index (χ3v) is 7.75. The normalized spacial score (nSPS) is 19.6. The molecule has 2 amide bonds. The highest BCUT2D eigenvalue weighted by Crippen LogP contribution is 2.39. The number of ether oxygens (including phenoxy) is 1. The predicted molar refractivity (Wildman–Crippen MR) is 130 cm³/mol. The van der Waals surface area contributed by atoms with Gasteiger partial charge in [-0.2, -0.15) is 13.2 Å². The zero-order valence-electron chi connectivity index (χ0n) is 20.8. The second-order valence-corrected chi connectivity index (χ2v) is 10.4. The number of anilines is 1. The number of carbonyl (C=O) groups excluding carboxylic acids is 2. The number of amides is 2. The standard InChI is InChI=1S/C24H28F5N5O3S/c1-12-4-3-7-34(12)23(36)18-19(38-22(33-18)21(35)32-14-5-8-37-9-6-14)16-11-30-17(10-15(16)20(25)26)31-13(2)24(27,28)29/h10-14,20H,3-9H2,1-2H3,(H,30,31)(H,32,35)/t12-,13-/m0/s1. The Morgan fingerprint density at radius 2 is 1.92 bits per heavy atom. The van der Waals surface area contributed by atoms with Gasteiger partial charge in [0.1, 0.15) is 17.6 Å². The lowest BCUT2D eigenvalue weighted by atomic mass is 10.1. The van der Waals surface area contributed by atoms with E-state index in [4.69, 9.17) is 4.74 Å². The quantitative estimate of drug-likeness (QED) is 0.460. The molecule has 2 aliphatic rings. The minimum absolute atomic E-state index is 0.0180. The van der Waals surface area contributed by atoms with E-state index in [1.54, 1.807) is 4.90 Å². The zero-order valence-corrected chi connectivity index (χ0v) is 21.6. The minimum Gasteiger partial charge on any atom is -0.381 e. The molecule has 0 aliphatic carbocycles. The highest BCUT2D eigenvalue weighted by molar-refractivity contribution is 7.17. The Kier molecular flexibility index (Phi) is 8.50. The molecular weight excluding hydrogens is 533 g/mol. The molecule has 0 spiro atoms. The van der Waals surface area contributed by atoms with Crippen molar-refractivity contribution in [1.29, 1.82) is 0 Å². The van der Waals surface area contributed by atoms with Crippen molar-refractivity contribution in [3.05, 3.63) is 28.5 Å². The number of aromatic nitrogens is 2. The second kappa shape index (κ2) is 11.5. The molecule has 8 nitrogen and oxygen atoms in total. The summed E-state index contributed by atoms with van der Waals surface area (Å²) in [6.07, 6.45) is -3.97. The van der Waals surface area contributed by atoms with Crippen molar-refractivity contribution in [2.45, 2.75) is 70.3 Å². The molecule has 2 aromatic heterocycles. The van der Waals surface area contributed by atoms with Crippen molar-refractivity contribution < 1.29 is 36.3 Å². The van der Waals surface area contributed by atoms with Gasteiger partial charge in [-0.1, -0.05) is 0 Å². The zero-order chi connectivity index (χ0) is 27.6. The third-order valence-electron chi connectivity index (χ3n) is 6.67. The molecule has 208 valence electrons. The summed E-state index contributed by atoms with van der Waals surface area (Å²) in [7, 11) is 0. The van der Waals surface area contributed by atoms with Crippen molar-refractivity contribution >= 4 is 29.0 Å². The van der Waals surface area contributed by atoms with Gasteiger partial charge in [-0.05, 0) is 45.6 Å². The van der Waals surface area contributed by atoms with E-state index >= 15 is 0 Å². The maximum atomic E-state index is 14.2. The smallest absolute Gasteiger partial charge is 0.381 e. The first-order valence-corrected chi connectivity index (χ1v) is 13.1. The molecule has 2 saturated heterocycles. The van der Waals surface area contributed by atoms with Gasteiger partial charge in [-0.3, -0.25) is 9.59 Å². The Labute approximate surface area is 220 Å². The first kappa shape index (κ1) is 28.1. The number of nitrogens with zero attached hydrogens (tertiary/aromatic N) is 3. The fraction of sp³-hybridized carbons (Fsp3) is 0.583. The number of hydrogen-bond donors (Lipinski definition) is 2. The molecular formula is C24H28F5N5O3S. The van der Waals surface area contributed by atoms with Gasteiger partial charge in [-0.25, -0.2) is 18.7 Å². The maximum Gasteiger partial charge on any atom is 0.408 e. The largest absolute Gasteiger partial charge is 0.408 e. The van der Waals surface area contributed by atoms with Crippen molar-refractivity contribution in [1.82, 2.24) is 20.2 Å². The molecule has 4 rings (SSSR count). The van der Waals surface area contributed by atoms with Crippen LogP contribution in [0.1, 0.15) is 71.8 Å². The lowest BCUT2D eigenvalue weighted by Crippen LogP contribution is -2.39. The van der Waals surface area contributed by atoms with Gasteiger partial charge in [-0.15, -0.1) is 11.3 Å². The van der Waals surface area contributed by atoms with Crippen LogP contribution in [0.4, 0.5) is 27.8 Å². The molecule has 38 heavy (non-hydrogen) atoms. The molecule has 0 radical (unpaired) electrons. The highest BCUT2D eigenvalue weighted by Gasteiger charge is 2.37. The molecule has 0 aromatic carbocycles. The SMILES string of the molecule is C[C@H](Nc1cc(C(F)F)c(-c2sc(C(=O)NC3CCOCC3)nc2C(=O)N2CCC[C@@H]2C)cn1)C(F)(F)F. The Hall–Kier alpha value is -2.87. The summed E-state index contributed by atoms with van der Waals surface area (Å²) in [6.45, 7) is 4.14. The van der Waals surface area contributed by atoms with E-state index in [1.807, 2.05) is 6.92 Å². The fourth-order valence-corrected chi connectivity index (χ4v) is 5.42.